The molecule has 1 saturated heterocycles. The molecule has 7 heteroatoms. The average Bonchev–Trinajstić information content (AvgIpc) is 3.04. The zero-order valence-electron chi connectivity index (χ0n) is 14.4. The van der Waals surface area contributed by atoms with E-state index in [1.54, 1.807) is 12.1 Å². The lowest BCUT2D eigenvalue weighted by atomic mass is 10.1. The third kappa shape index (κ3) is 3.27. The van der Waals surface area contributed by atoms with Crippen LogP contribution in [0.25, 0.3) is 11.0 Å². The van der Waals surface area contributed by atoms with Gasteiger partial charge in [0, 0.05) is 25.8 Å². The first-order valence-corrected chi connectivity index (χ1v) is 8.74. The van der Waals surface area contributed by atoms with Gasteiger partial charge in [-0.1, -0.05) is 0 Å². The van der Waals surface area contributed by atoms with E-state index in [1.807, 2.05) is 6.07 Å². The van der Waals surface area contributed by atoms with E-state index in [0.29, 0.717) is 24.8 Å². The Morgan fingerprint density at radius 2 is 2.20 bits per heavy atom. The third-order valence-corrected chi connectivity index (χ3v) is 4.95. The van der Waals surface area contributed by atoms with Gasteiger partial charge in [0.1, 0.15) is 12.4 Å². The number of aromatic nitrogens is 2. The second kappa shape index (κ2) is 7.11. The molecule has 2 aromatic rings. The standard InChI is InChI=1S/C18H23N3O4/c1-23-18(22)12-2-3-16-15(8-12)20-17-11-25-10-14(21(16)17)9-19-13-4-6-24-7-5-13/h2-3,8,13-14,19H,4-7,9-11H2,1H3. The lowest BCUT2D eigenvalue weighted by molar-refractivity contribution is 0.0491. The SMILES string of the molecule is COC(=O)c1ccc2c(c1)nc1n2C(CNC2CCOCC2)COC1. The number of carbonyl (C=O) groups is 1. The van der Waals surface area contributed by atoms with Crippen molar-refractivity contribution >= 4 is 17.0 Å². The van der Waals surface area contributed by atoms with Gasteiger partial charge in [-0.2, -0.15) is 0 Å². The molecule has 1 atom stereocenters. The molecule has 7 nitrogen and oxygen atoms in total. The predicted molar refractivity (Wildman–Crippen MR) is 91.6 cm³/mol. The molecule has 0 bridgehead atoms. The number of imidazole rings is 1. The van der Waals surface area contributed by atoms with E-state index in [1.165, 1.54) is 7.11 Å². The molecule has 1 unspecified atom stereocenters. The number of benzene rings is 1. The largest absolute Gasteiger partial charge is 0.465 e. The molecule has 1 N–H and O–H groups in total. The number of nitrogens with one attached hydrogen (secondary N) is 1. The van der Waals surface area contributed by atoms with Gasteiger partial charge in [0.15, 0.2) is 0 Å². The summed E-state index contributed by atoms with van der Waals surface area (Å²) in [6.45, 7) is 3.65. The molecule has 2 aliphatic heterocycles. The number of nitrogens with zero attached hydrogens (tertiary/aromatic N) is 2. The minimum atomic E-state index is -0.346. The van der Waals surface area contributed by atoms with E-state index < -0.39 is 0 Å². The Balaban J connectivity index is 1.58. The van der Waals surface area contributed by atoms with Crippen molar-refractivity contribution in [3.05, 3.63) is 29.6 Å². The number of rotatable bonds is 4. The van der Waals surface area contributed by atoms with Crippen LogP contribution in [-0.2, 0) is 20.8 Å². The van der Waals surface area contributed by atoms with E-state index in [-0.39, 0.29) is 12.0 Å². The Bertz CT molecular complexity index is 767. The van der Waals surface area contributed by atoms with Crippen LogP contribution in [0.4, 0.5) is 0 Å². The lowest BCUT2D eigenvalue weighted by Crippen LogP contribution is -2.40. The molecular formula is C18H23N3O4. The van der Waals surface area contributed by atoms with Gasteiger partial charge in [-0.3, -0.25) is 0 Å². The molecule has 0 amide bonds. The van der Waals surface area contributed by atoms with E-state index in [0.717, 1.165) is 49.5 Å². The van der Waals surface area contributed by atoms with Crippen molar-refractivity contribution in [2.24, 2.45) is 0 Å². The van der Waals surface area contributed by atoms with Crippen LogP contribution in [0.1, 0.15) is 35.1 Å². The minimum Gasteiger partial charge on any atom is -0.465 e. The van der Waals surface area contributed by atoms with Gasteiger partial charge in [0.25, 0.3) is 0 Å². The minimum absolute atomic E-state index is 0.195. The quantitative estimate of drug-likeness (QED) is 0.850. The zero-order chi connectivity index (χ0) is 17.2. The van der Waals surface area contributed by atoms with Gasteiger partial charge in [0.2, 0.25) is 0 Å². The van der Waals surface area contributed by atoms with Crippen LogP contribution in [0.2, 0.25) is 0 Å². The molecule has 2 aliphatic rings. The van der Waals surface area contributed by atoms with Crippen molar-refractivity contribution in [1.29, 1.82) is 0 Å². The summed E-state index contributed by atoms with van der Waals surface area (Å²) >= 11 is 0. The van der Waals surface area contributed by atoms with Crippen LogP contribution in [0.15, 0.2) is 18.2 Å². The number of methoxy groups -OCH3 is 1. The Labute approximate surface area is 146 Å². The monoisotopic (exact) mass is 345 g/mol. The highest BCUT2D eigenvalue weighted by atomic mass is 16.5. The van der Waals surface area contributed by atoms with Gasteiger partial charge in [-0.25, -0.2) is 9.78 Å². The molecule has 0 spiro atoms. The van der Waals surface area contributed by atoms with E-state index in [2.05, 4.69) is 14.9 Å². The first-order valence-electron chi connectivity index (χ1n) is 8.74. The number of hydrogen-bond acceptors (Lipinski definition) is 6. The summed E-state index contributed by atoms with van der Waals surface area (Å²) in [6.07, 6.45) is 2.10. The third-order valence-electron chi connectivity index (χ3n) is 4.95. The highest BCUT2D eigenvalue weighted by Crippen LogP contribution is 2.27. The average molecular weight is 345 g/mol. The van der Waals surface area contributed by atoms with Gasteiger partial charge >= 0.3 is 5.97 Å². The molecule has 1 aromatic carbocycles. The Kier molecular flexibility index (Phi) is 4.70. The summed E-state index contributed by atoms with van der Waals surface area (Å²) in [7, 11) is 1.39. The van der Waals surface area contributed by atoms with E-state index in [9.17, 15) is 4.79 Å². The summed E-state index contributed by atoms with van der Waals surface area (Å²) < 4.78 is 18.2. The lowest BCUT2D eigenvalue weighted by Gasteiger charge is -2.30. The molecule has 25 heavy (non-hydrogen) atoms. The molecule has 0 aliphatic carbocycles. The van der Waals surface area contributed by atoms with Crippen LogP contribution in [0.5, 0.6) is 0 Å². The van der Waals surface area contributed by atoms with Gasteiger partial charge < -0.3 is 24.1 Å². The van der Waals surface area contributed by atoms with Crippen molar-refractivity contribution < 1.29 is 19.0 Å². The topological polar surface area (TPSA) is 74.6 Å². The molecule has 0 saturated carbocycles. The van der Waals surface area contributed by atoms with Crippen LogP contribution >= 0.6 is 0 Å². The maximum Gasteiger partial charge on any atom is 0.337 e. The van der Waals surface area contributed by atoms with Crippen LogP contribution in [-0.4, -0.2) is 55.0 Å². The number of esters is 1. The van der Waals surface area contributed by atoms with Crippen LogP contribution < -0.4 is 5.32 Å². The molecular weight excluding hydrogens is 322 g/mol. The fourth-order valence-electron chi connectivity index (χ4n) is 3.62. The highest BCUT2D eigenvalue weighted by Gasteiger charge is 2.25. The first-order chi connectivity index (χ1) is 12.3. The molecule has 4 rings (SSSR count). The first kappa shape index (κ1) is 16.5. The highest BCUT2D eigenvalue weighted by molar-refractivity contribution is 5.93. The summed E-state index contributed by atoms with van der Waals surface area (Å²) in [5, 5.41) is 3.64. The van der Waals surface area contributed by atoms with Crippen molar-refractivity contribution in [2.45, 2.75) is 31.5 Å². The fraction of sp³-hybridized carbons (Fsp3) is 0.556. The fourth-order valence-corrected chi connectivity index (χ4v) is 3.62. The number of fused-ring (bicyclic) bond motifs is 3. The summed E-state index contributed by atoms with van der Waals surface area (Å²) in [4.78, 5) is 16.4. The smallest absolute Gasteiger partial charge is 0.337 e. The van der Waals surface area contributed by atoms with E-state index >= 15 is 0 Å². The number of carbonyl (C=O) groups excluding carboxylic acids is 1. The van der Waals surface area contributed by atoms with Crippen molar-refractivity contribution in [2.75, 3.05) is 33.5 Å². The Morgan fingerprint density at radius 3 is 3.00 bits per heavy atom. The van der Waals surface area contributed by atoms with E-state index in [4.69, 9.17) is 14.2 Å². The molecule has 0 radical (unpaired) electrons. The zero-order valence-corrected chi connectivity index (χ0v) is 14.4. The molecule has 1 aromatic heterocycles. The van der Waals surface area contributed by atoms with Crippen molar-refractivity contribution in [3.63, 3.8) is 0 Å². The summed E-state index contributed by atoms with van der Waals surface area (Å²) in [6, 6.07) is 6.22. The Hall–Kier alpha value is -1.96. The Morgan fingerprint density at radius 1 is 1.36 bits per heavy atom. The van der Waals surface area contributed by atoms with Crippen molar-refractivity contribution in [3.8, 4) is 0 Å². The number of hydrogen-bond donors (Lipinski definition) is 1. The number of ether oxygens (including phenoxy) is 3. The van der Waals surface area contributed by atoms with Gasteiger partial charge in [-0.05, 0) is 31.0 Å². The van der Waals surface area contributed by atoms with Crippen LogP contribution in [0.3, 0.4) is 0 Å². The summed E-state index contributed by atoms with van der Waals surface area (Å²) in [5.74, 6) is 0.559. The normalized spacial score (nSPS) is 21.2. The van der Waals surface area contributed by atoms with Gasteiger partial charge in [-0.15, -0.1) is 0 Å². The second-order valence-corrected chi connectivity index (χ2v) is 6.56. The summed E-state index contributed by atoms with van der Waals surface area (Å²) in [5.41, 5.74) is 2.35. The second-order valence-electron chi connectivity index (χ2n) is 6.56. The molecule has 3 heterocycles. The van der Waals surface area contributed by atoms with Crippen molar-refractivity contribution in [1.82, 2.24) is 14.9 Å². The molecule has 1 fully saturated rings. The maximum atomic E-state index is 11.7. The molecule has 134 valence electrons. The van der Waals surface area contributed by atoms with Crippen LogP contribution in [0, 0.1) is 0 Å². The predicted octanol–water partition coefficient (Wildman–Crippen LogP) is 1.66. The maximum absolute atomic E-state index is 11.7. The van der Waals surface area contributed by atoms with Gasteiger partial charge in [0.05, 0.1) is 36.4 Å².